The average molecular weight is 234 g/mol. The molecule has 0 heterocycles. The molecule has 0 spiro atoms. The van der Waals surface area contributed by atoms with Crippen molar-refractivity contribution in [2.24, 2.45) is 0 Å². The fourth-order valence-electron chi connectivity index (χ4n) is 0.433. The zero-order valence-corrected chi connectivity index (χ0v) is 10.5. The van der Waals surface area contributed by atoms with Crippen LogP contribution in [0, 0.1) is 0 Å². The van der Waals surface area contributed by atoms with Gasteiger partial charge in [0.2, 0.25) is 0 Å². The van der Waals surface area contributed by atoms with Crippen LogP contribution in [0.1, 0.15) is 0 Å². The lowest BCUT2D eigenvalue weighted by atomic mass is 11.1. The van der Waals surface area contributed by atoms with Gasteiger partial charge in [0.15, 0.2) is 8.32 Å². The first-order valence-electron chi connectivity index (χ1n) is 3.71. The molecular weight excluding hydrogens is 220 g/mol. The summed E-state index contributed by atoms with van der Waals surface area (Å²) in [4.78, 5) is 0. The minimum Gasteiger partial charge on any atom is -0.461 e. The Kier molecular flexibility index (Phi) is 8.58. The molecule has 0 aliphatic rings. The normalized spacial score (nSPS) is 11.1. The van der Waals surface area contributed by atoms with Crippen molar-refractivity contribution in [3.63, 3.8) is 0 Å². The van der Waals surface area contributed by atoms with Crippen LogP contribution in [0.3, 0.4) is 0 Å². The molecule has 13 heavy (non-hydrogen) atoms. The second-order valence-corrected chi connectivity index (χ2v) is 9.02. The summed E-state index contributed by atoms with van der Waals surface area (Å²) in [5, 5.41) is 0. The number of halogens is 4. The third-order valence-electron chi connectivity index (χ3n) is 0.720. The fourth-order valence-corrected chi connectivity index (χ4v) is 3.90. The maximum Gasteiger partial charge on any atom is 0.334 e. The van der Waals surface area contributed by atoms with Crippen LogP contribution in [0.5, 0.6) is 0 Å². The second-order valence-electron chi connectivity index (χ2n) is 3.07. The van der Waals surface area contributed by atoms with E-state index in [1.807, 2.05) is 0 Å². The van der Waals surface area contributed by atoms with Crippen molar-refractivity contribution in [3.05, 3.63) is 12.2 Å². The molecule has 0 N–H and O–H groups in total. The molecule has 0 rings (SSSR count). The fraction of sp³-hybridized carbons (Fsp3) is 0.667. The molecule has 0 saturated carbocycles. The first kappa shape index (κ1) is 15.3. The van der Waals surface area contributed by atoms with Crippen molar-refractivity contribution >= 4 is 18.1 Å². The summed E-state index contributed by atoms with van der Waals surface area (Å²) in [5.74, 6) is 0. The lowest BCUT2D eigenvalue weighted by molar-refractivity contribution is 0.308. The van der Waals surface area contributed by atoms with E-state index in [-0.39, 0.29) is 9.76 Å². The lowest BCUT2D eigenvalue weighted by Gasteiger charge is -2.14. The smallest absolute Gasteiger partial charge is 0.334 e. The van der Waals surface area contributed by atoms with Crippen molar-refractivity contribution in [1.29, 1.82) is 0 Å². The van der Waals surface area contributed by atoms with Gasteiger partial charge >= 0.3 is 12.2 Å². The van der Waals surface area contributed by atoms with Crippen molar-refractivity contribution in [2.45, 2.75) is 26.2 Å². The molecule has 0 aromatic carbocycles. The van der Waals surface area contributed by atoms with Gasteiger partial charge in [0.1, 0.15) is 9.76 Å². The Bertz CT molecular complexity index is 149. The minimum atomic E-state index is -2.91. The molecule has 0 amide bonds. The first-order valence-corrected chi connectivity index (χ1v) is 9.11. The largest absolute Gasteiger partial charge is 0.461 e. The van der Waals surface area contributed by atoms with Gasteiger partial charge in [-0.1, -0.05) is 6.55 Å². The van der Waals surface area contributed by atoms with E-state index in [1.165, 1.54) is 0 Å². The van der Waals surface area contributed by atoms with Crippen molar-refractivity contribution < 1.29 is 21.7 Å². The molecule has 0 saturated heterocycles. The Balaban J connectivity index is 0. The van der Waals surface area contributed by atoms with E-state index < -0.39 is 20.5 Å². The van der Waals surface area contributed by atoms with E-state index in [2.05, 4.69) is 26.2 Å². The number of rotatable bonds is 2. The van der Waals surface area contributed by atoms with Crippen molar-refractivity contribution in [1.82, 2.24) is 0 Å². The highest BCUT2D eigenvalue weighted by molar-refractivity contribution is 6.73. The van der Waals surface area contributed by atoms with Gasteiger partial charge in [0.05, 0.1) is 0 Å². The quantitative estimate of drug-likeness (QED) is 0.527. The Morgan fingerprint density at radius 1 is 1.00 bits per heavy atom. The third-order valence-corrected chi connectivity index (χ3v) is 5.34. The monoisotopic (exact) mass is 234 g/mol. The summed E-state index contributed by atoms with van der Waals surface area (Å²) < 4.78 is 46.7. The summed E-state index contributed by atoms with van der Waals surface area (Å²) in [5.41, 5.74) is 0. The first-order chi connectivity index (χ1) is 5.70. The Hall–Kier alpha value is -0.146. The molecule has 0 aromatic rings. The molecule has 7 heteroatoms. The van der Waals surface area contributed by atoms with Crippen LogP contribution in [0.15, 0.2) is 12.2 Å². The van der Waals surface area contributed by atoms with Crippen LogP contribution < -0.4 is 0 Å². The molecule has 0 aliphatic carbocycles. The number of hydrogen-bond donors (Lipinski definition) is 0. The van der Waals surface area contributed by atoms with Gasteiger partial charge in [0.25, 0.3) is 0 Å². The molecule has 0 fully saturated rings. The van der Waals surface area contributed by atoms with E-state index in [0.717, 1.165) is 0 Å². The Morgan fingerprint density at radius 2 is 1.31 bits per heavy atom. The van der Waals surface area contributed by atoms with Crippen LogP contribution in [-0.4, -0.2) is 18.1 Å². The predicted molar refractivity (Wildman–Crippen MR) is 50.3 cm³/mol. The lowest BCUT2D eigenvalue weighted by Crippen LogP contribution is -2.26. The maximum atomic E-state index is 10.3. The molecule has 1 nitrogen and oxygen atoms in total. The highest BCUT2D eigenvalue weighted by atomic mass is 28.4. The minimum absolute atomic E-state index is 0.128. The summed E-state index contributed by atoms with van der Waals surface area (Å²) >= 11 is 0. The maximum absolute atomic E-state index is 10.3. The van der Waals surface area contributed by atoms with Gasteiger partial charge in [-0.25, -0.2) is 0 Å². The highest BCUT2D eigenvalue weighted by Gasteiger charge is 2.10. The van der Waals surface area contributed by atoms with Crippen molar-refractivity contribution in [2.75, 3.05) is 0 Å². The van der Waals surface area contributed by atoms with Crippen LogP contribution in [0.4, 0.5) is 17.6 Å². The zero-order chi connectivity index (χ0) is 11.1. The molecule has 0 radical (unpaired) electrons. The number of hydrogen-bond acceptors (Lipinski definition) is 1. The Morgan fingerprint density at radius 3 is 1.31 bits per heavy atom. The zero-order valence-electron chi connectivity index (χ0n) is 8.13. The van der Waals surface area contributed by atoms with Gasteiger partial charge in [-0.05, 0) is 19.6 Å². The summed E-state index contributed by atoms with van der Waals surface area (Å²) in [6.45, 7) is 8.86. The van der Waals surface area contributed by atoms with Crippen molar-refractivity contribution in [3.8, 4) is 0 Å². The van der Waals surface area contributed by atoms with E-state index in [9.17, 15) is 17.6 Å². The van der Waals surface area contributed by atoms with Gasteiger partial charge in [-0.3, -0.25) is 0 Å². The van der Waals surface area contributed by atoms with Gasteiger partial charge in [-0.15, -0.1) is 0 Å². The predicted octanol–water partition coefficient (Wildman–Crippen LogP) is 2.96. The average Bonchev–Trinajstić information content (AvgIpc) is 1.85. The van der Waals surface area contributed by atoms with Crippen LogP contribution in [0.2, 0.25) is 26.2 Å². The molecule has 0 bridgehead atoms. The van der Waals surface area contributed by atoms with E-state index in [0.29, 0.717) is 0 Å². The van der Waals surface area contributed by atoms with Crippen LogP contribution >= 0.6 is 0 Å². The van der Waals surface area contributed by atoms with Gasteiger partial charge in [-0.2, -0.15) is 17.6 Å². The summed E-state index contributed by atoms with van der Waals surface area (Å²) in [6, 6.07) is 0. The highest BCUT2D eigenvalue weighted by Crippen LogP contribution is 2.08. The molecule has 80 valence electrons. The molecular formula is C6H14F4OSi2. The standard InChI is InChI=1S/C4H14OSi2.C2F4/c1-6-5-7(2,3)4;3-1(4)2(5)6/h6H2,1-4H3;. The summed E-state index contributed by atoms with van der Waals surface area (Å²) in [7, 11) is -1.22. The van der Waals surface area contributed by atoms with Crippen LogP contribution in [-0.2, 0) is 4.12 Å². The molecule has 0 atom stereocenters. The molecule has 0 unspecified atom stereocenters. The van der Waals surface area contributed by atoms with E-state index in [4.69, 9.17) is 4.12 Å². The molecule has 0 aliphatic heterocycles. The van der Waals surface area contributed by atoms with E-state index in [1.54, 1.807) is 0 Å². The van der Waals surface area contributed by atoms with Gasteiger partial charge < -0.3 is 4.12 Å². The second kappa shape index (κ2) is 7.28. The molecule has 0 aromatic heterocycles. The Labute approximate surface area is 78.9 Å². The van der Waals surface area contributed by atoms with E-state index >= 15 is 0 Å². The topological polar surface area (TPSA) is 9.23 Å². The summed E-state index contributed by atoms with van der Waals surface area (Å²) in [6.07, 6.45) is -5.81. The van der Waals surface area contributed by atoms with Crippen LogP contribution in [0.25, 0.3) is 0 Å². The SMILES string of the molecule is C[SiH2]O[Si](C)(C)C.FC(F)=C(F)F. The van der Waals surface area contributed by atoms with Gasteiger partial charge in [0, 0.05) is 0 Å². The third kappa shape index (κ3) is 18.7.